The van der Waals surface area contributed by atoms with E-state index in [1.54, 1.807) is 0 Å². The van der Waals surface area contributed by atoms with E-state index in [4.69, 9.17) is 5.73 Å². The minimum Gasteiger partial charge on any atom is -0.340 e. The van der Waals surface area contributed by atoms with E-state index in [1.807, 2.05) is 11.9 Å². The summed E-state index contributed by atoms with van der Waals surface area (Å²) in [5, 5.41) is 0. The van der Waals surface area contributed by atoms with Crippen molar-refractivity contribution in [3.63, 3.8) is 0 Å². The number of amides is 1. The van der Waals surface area contributed by atoms with Crippen LogP contribution in [0.15, 0.2) is 0 Å². The maximum Gasteiger partial charge on any atom is 0.226 e. The Morgan fingerprint density at radius 3 is 2.47 bits per heavy atom. The summed E-state index contributed by atoms with van der Waals surface area (Å²) in [6.45, 7) is 8.55. The second kappa shape index (κ2) is 5.38. The molecule has 0 bridgehead atoms. The van der Waals surface area contributed by atoms with Gasteiger partial charge in [0.2, 0.25) is 5.91 Å². The SMILES string of the molecule is CCC(C)(C)N(C)C(=O)C1CCC(N)CC1C. The van der Waals surface area contributed by atoms with Crippen LogP contribution in [0.4, 0.5) is 0 Å². The molecule has 0 aromatic rings. The normalized spacial score (nSPS) is 30.1. The predicted molar refractivity (Wildman–Crippen MR) is 71.6 cm³/mol. The van der Waals surface area contributed by atoms with Gasteiger partial charge in [-0.1, -0.05) is 13.8 Å². The van der Waals surface area contributed by atoms with Crippen molar-refractivity contribution in [1.29, 1.82) is 0 Å². The van der Waals surface area contributed by atoms with E-state index in [9.17, 15) is 4.79 Å². The highest BCUT2D eigenvalue weighted by atomic mass is 16.2. The van der Waals surface area contributed by atoms with Gasteiger partial charge in [0, 0.05) is 24.5 Å². The molecule has 0 radical (unpaired) electrons. The van der Waals surface area contributed by atoms with E-state index in [2.05, 4.69) is 27.7 Å². The minimum absolute atomic E-state index is 0.0453. The zero-order chi connectivity index (χ0) is 13.2. The van der Waals surface area contributed by atoms with Crippen molar-refractivity contribution in [2.75, 3.05) is 7.05 Å². The molecule has 0 saturated heterocycles. The van der Waals surface area contributed by atoms with Gasteiger partial charge in [-0.3, -0.25) is 4.79 Å². The number of carbonyl (C=O) groups is 1. The molecule has 3 nitrogen and oxygen atoms in total. The number of hydrogen-bond acceptors (Lipinski definition) is 2. The van der Waals surface area contributed by atoms with Crippen LogP contribution in [0.3, 0.4) is 0 Å². The number of carbonyl (C=O) groups excluding carboxylic acids is 1. The van der Waals surface area contributed by atoms with Gasteiger partial charge >= 0.3 is 0 Å². The quantitative estimate of drug-likeness (QED) is 0.823. The Kier molecular flexibility index (Phi) is 4.59. The maximum absolute atomic E-state index is 12.5. The fourth-order valence-electron chi connectivity index (χ4n) is 2.59. The zero-order valence-electron chi connectivity index (χ0n) is 12.0. The van der Waals surface area contributed by atoms with Crippen molar-refractivity contribution < 1.29 is 4.79 Å². The van der Waals surface area contributed by atoms with Crippen LogP contribution < -0.4 is 5.73 Å². The Hall–Kier alpha value is -0.570. The summed E-state index contributed by atoms with van der Waals surface area (Å²) in [5.41, 5.74) is 5.91. The molecule has 1 fully saturated rings. The third-order valence-corrected chi connectivity index (χ3v) is 4.63. The molecule has 3 heteroatoms. The summed E-state index contributed by atoms with van der Waals surface area (Å²) in [4.78, 5) is 14.4. The second-order valence-electron chi connectivity index (χ2n) is 6.22. The molecule has 1 saturated carbocycles. The van der Waals surface area contributed by atoms with Crippen LogP contribution in [0.5, 0.6) is 0 Å². The lowest BCUT2D eigenvalue weighted by Gasteiger charge is -2.40. The molecule has 2 N–H and O–H groups in total. The van der Waals surface area contributed by atoms with E-state index in [1.165, 1.54) is 0 Å². The molecule has 0 aliphatic heterocycles. The fourth-order valence-corrected chi connectivity index (χ4v) is 2.59. The van der Waals surface area contributed by atoms with Gasteiger partial charge in [-0.25, -0.2) is 0 Å². The van der Waals surface area contributed by atoms with Gasteiger partial charge in [-0.2, -0.15) is 0 Å². The summed E-state index contributed by atoms with van der Waals surface area (Å²) in [7, 11) is 1.94. The second-order valence-corrected chi connectivity index (χ2v) is 6.22. The summed E-state index contributed by atoms with van der Waals surface area (Å²) in [6.07, 6.45) is 3.90. The van der Waals surface area contributed by atoms with Crippen LogP contribution >= 0.6 is 0 Å². The minimum atomic E-state index is -0.0453. The number of hydrogen-bond donors (Lipinski definition) is 1. The molecule has 0 spiro atoms. The largest absolute Gasteiger partial charge is 0.340 e. The average molecular weight is 240 g/mol. The molecular formula is C14H28N2O. The summed E-state index contributed by atoms with van der Waals surface area (Å²) < 4.78 is 0. The molecule has 1 rings (SSSR count). The summed E-state index contributed by atoms with van der Waals surface area (Å²) in [5.74, 6) is 0.892. The molecule has 17 heavy (non-hydrogen) atoms. The molecule has 0 aromatic carbocycles. The first-order chi connectivity index (χ1) is 7.79. The topological polar surface area (TPSA) is 46.3 Å². The molecule has 3 atom stereocenters. The molecule has 1 aliphatic carbocycles. The Balaban J connectivity index is 2.70. The van der Waals surface area contributed by atoms with E-state index in [0.29, 0.717) is 17.9 Å². The van der Waals surface area contributed by atoms with Crippen molar-refractivity contribution >= 4 is 5.91 Å². The zero-order valence-corrected chi connectivity index (χ0v) is 12.0. The number of rotatable bonds is 3. The van der Waals surface area contributed by atoms with Crippen molar-refractivity contribution in [2.45, 2.75) is 65.0 Å². The fraction of sp³-hybridized carbons (Fsp3) is 0.929. The van der Waals surface area contributed by atoms with Gasteiger partial charge in [0.15, 0.2) is 0 Å². The third kappa shape index (κ3) is 3.21. The highest BCUT2D eigenvalue weighted by Gasteiger charge is 2.36. The van der Waals surface area contributed by atoms with E-state index in [-0.39, 0.29) is 11.5 Å². The molecule has 0 heterocycles. The molecule has 100 valence electrons. The number of nitrogens with two attached hydrogens (primary N) is 1. The smallest absolute Gasteiger partial charge is 0.226 e. The Labute approximate surface area is 106 Å². The monoisotopic (exact) mass is 240 g/mol. The Bertz CT molecular complexity index is 275. The summed E-state index contributed by atoms with van der Waals surface area (Å²) in [6, 6.07) is 0.290. The van der Waals surface area contributed by atoms with Gasteiger partial charge < -0.3 is 10.6 Å². The van der Waals surface area contributed by atoms with Crippen LogP contribution in [0.25, 0.3) is 0 Å². The van der Waals surface area contributed by atoms with Crippen LogP contribution in [-0.4, -0.2) is 29.4 Å². The van der Waals surface area contributed by atoms with E-state index >= 15 is 0 Å². The standard InChI is InChI=1S/C14H28N2O/c1-6-14(3,4)16(5)13(17)12-8-7-11(15)9-10(12)2/h10-12H,6-9,15H2,1-5H3. The van der Waals surface area contributed by atoms with Crippen LogP contribution in [0.1, 0.15) is 53.4 Å². The van der Waals surface area contributed by atoms with Gasteiger partial charge in [0.1, 0.15) is 0 Å². The highest BCUT2D eigenvalue weighted by molar-refractivity contribution is 5.79. The summed E-state index contributed by atoms with van der Waals surface area (Å²) >= 11 is 0. The lowest BCUT2D eigenvalue weighted by Crippen LogP contribution is -2.49. The lowest BCUT2D eigenvalue weighted by molar-refractivity contribution is -0.142. The highest BCUT2D eigenvalue weighted by Crippen LogP contribution is 2.32. The molecule has 3 unspecified atom stereocenters. The van der Waals surface area contributed by atoms with Crippen molar-refractivity contribution in [1.82, 2.24) is 4.90 Å². The van der Waals surface area contributed by atoms with E-state index in [0.717, 1.165) is 25.7 Å². The van der Waals surface area contributed by atoms with Gasteiger partial charge in [0.25, 0.3) is 0 Å². The van der Waals surface area contributed by atoms with Gasteiger partial charge in [0.05, 0.1) is 0 Å². The average Bonchev–Trinajstić information content (AvgIpc) is 2.27. The van der Waals surface area contributed by atoms with Gasteiger partial charge in [-0.05, 0) is 45.4 Å². The lowest BCUT2D eigenvalue weighted by atomic mass is 9.77. The van der Waals surface area contributed by atoms with Crippen molar-refractivity contribution in [3.8, 4) is 0 Å². The van der Waals surface area contributed by atoms with Gasteiger partial charge in [-0.15, -0.1) is 0 Å². The molecule has 0 aromatic heterocycles. The van der Waals surface area contributed by atoms with Crippen molar-refractivity contribution in [3.05, 3.63) is 0 Å². The maximum atomic E-state index is 12.5. The molecule has 1 aliphatic rings. The number of nitrogens with zero attached hydrogens (tertiary/aromatic N) is 1. The first-order valence-corrected chi connectivity index (χ1v) is 6.82. The van der Waals surface area contributed by atoms with Crippen LogP contribution in [-0.2, 0) is 4.79 Å². The first-order valence-electron chi connectivity index (χ1n) is 6.82. The van der Waals surface area contributed by atoms with Crippen molar-refractivity contribution in [2.24, 2.45) is 17.6 Å². The third-order valence-electron chi connectivity index (χ3n) is 4.63. The first kappa shape index (κ1) is 14.5. The Morgan fingerprint density at radius 1 is 1.41 bits per heavy atom. The molecular weight excluding hydrogens is 212 g/mol. The Morgan fingerprint density at radius 2 is 2.00 bits per heavy atom. The predicted octanol–water partition coefficient (Wildman–Crippen LogP) is 2.40. The van der Waals surface area contributed by atoms with Crippen LogP contribution in [0, 0.1) is 11.8 Å². The molecule has 1 amide bonds. The van der Waals surface area contributed by atoms with E-state index < -0.39 is 0 Å². The van der Waals surface area contributed by atoms with Crippen LogP contribution in [0.2, 0.25) is 0 Å².